The van der Waals surface area contributed by atoms with Crippen LogP contribution in [0, 0.1) is 5.92 Å². The van der Waals surface area contributed by atoms with Gasteiger partial charge in [-0.15, -0.1) is 11.3 Å². The van der Waals surface area contributed by atoms with Crippen molar-refractivity contribution < 1.29 is 5.11 Å². The van der Waals surface area contributed by atoms with E-state index in [0.717, 1.165) is 27.8 Å². The maximum absolute atomic E-state index is 12.5. The molecule has 4 aromatic carbocycles. The third-order valence-corrected chi connectivity index (χ3v) is 8.80. The lowest BCUT2D eigenvalue weighted by atomic mass is 9.76. The maximum atomic E-state index is 12.5. The molecule has 2 aromatic heterocycles. The summed E-state index contributed by atoms with van der Waals surface area (Å²) in [5.74, 6) is -0.117. The molecule has 40 heavy (non-hydrogen) atoms. The molecule has 0 saturated heterocycles. The molecule has 0 fully saturated rings. The lowest BCUT2D eigenvalue weighted by Crippen LogP contribution is -2.37. The first kappa shape index (κ1) is 26.0. The van der Waals surface area contributed by atoms with Crippen LogP contribution in [0.5, 0.6) is 0 Å². The fraction of sp³-hybridized carbons (Fsp3) is 0.139. The molecule has 0 saturated carbocycles. The molecule has 0 aliphatic carbocycles. The summed E-state index contributed by atoms with van der Waals surface area (Å²) in [6.45, 7) is 4.10. The Hall–Kier alpha value is -4.25. The molecule has 198 valence electrons. The summed E-state index contributed by atoms with van der Waals surface area (Å²) in [6.07, 6.45) is 3.91. The van der Waals surface area contributed by atoms with Crippen LogP contribution in [-0.4, -0.2) is 14.7 Å². The van der Waals surface area contributed by atoms with E-state index in [1.54, 1.807) is 11.3 Å². The number of aliphatic hydroxyl groups is 1. The zero-order valence-corrected chi connectivity index (χ0v) is 23.5. The predicted molar refractivity (Wildman–Crippen MR) is 164 cm³/mol. The fourth-order valence-corrected chi connectivity index (χ4v) is 6.54. The van der Waals surface area contributed by atoms with Gasteiger partial charge >= 0.3 is 0 Å². The molecule has 0 bridgehead atoms. The SMILES string of the molecule is CC(C)C(O)(c1cccc(-c2cccs2)c1)c1cn(C(c2ccccc2)(c2ccccc2)c2ccccc2)cn1. The highest BCUT2D eigenvalue weighted by molar-refractivity contribution is 7.13. The molecular weight excluding hydrogens is 508 g/mol. The Morgan fingerprint density at radius 1 is 0.675 bits per heavy atom. The number of thiophene rings is 1. The molecule has 0 aliphatic rings. The second-order valence-electron chi connectivity index (χ2n) is 10.5. The first-order chi connectivity index (χ1) is 19.5. The number of rotatable bonds is 8. The number of hydrogen-bond acceptors (Lipinski definition) is 3. The van der Waals surface area contributed by atoms with Crippen LogP contribution in [0.15, 0.2) is 145 Å². The second-order valence-corrected chi connectivity index (χ2v) is 11.4. The minimum absolute atomic E-state index is 0.117. The van der Waals surface area contributed by atoms with E-state index in [-0.39, 0.29) is 5.92 Å². The summed E-state index contributed by atoms with van der Waals surface area (Å²) >= 11 is 1.70. The molecule has 1 unspecified atom stereocenters. The van der Waals surface area contributed by atoms with Crippen molar-refractivity contribution in [1.29, 1.82) is 0 Å². The average Bonchev–Trinajstić information content (AvgIpc) is 3.73. The summed E-state index contributed by atoms with van der Waals surface area (Å²) in [5.41, 5.74) is 3.93. The van der Waals surface area contributed by atoms with E-state index in [4.69, 9.17) is 4.98 Å². The summed E-state index contributed by atoms with van der Waals surface area (Å²) < 4.78 is 2.17. The highest BCUT2D eigenvalue weighted by atomic mass is 32.1. The Morgan fingerprint density at radius 2 is 1.23 bits per heavy atom. The predicted octanol–water partition coefficient (Wildman–Crippen LogP) is 8.34. The van der Waals surface area contributed by atoms with Crippen LogP contribution in [0.25, 0.3) is 10.4 Å². The molecule has 4 heteroatoms. The molecule has 3 nitrogen and oxygen atoms in total. The van der Waals surface area contributed by atoms with Crippen molar-refractivity contribution in [3.05, 3.63) is 173 Å². The van der Waals surface area contributed by atoms with Crippen molar-refractivity contribution in [2.75, 3.05) is 0 Å². The zero-order chi connectivity index (χ0) is 27.6. The zero-order valence-electron chi connectivity index (χ0n) is 22.7. The summed E-state index contributed by atoms with van der Waals surface area (Å²) in [6, 6.07) is 44.0. The van der Waals surface area contributed by atoms with Crippen molar-refractivity contribution in [2.24, 2.45) is 5.92 Å². The number of aromatic nitrogens is 2. The van der Waals surface area contributed by atoms with Crippen LogP contribution in [0.4, 0.5) is 0 Å². The topological polar surface area (TPSA) is 38.0 Å². The van der Waals surface area contributed by atoms with E-state index in [2.05, 4.69) is 121 Å². The Balaban J connectivity index is 1.58. The molecule has 2 heterocycles. The smallest absolute Gasteiger partial charge is 0.135 e. The molecule has 0 amide bonds. The normalized spacial score (nSPS) is 13.3. The standard InChI is InChI=1S/C36H32N2OS/c1-27(2)36(39,32-21-12-14-28(24-32)33-22-13-23-40-33)34-25-38(26-37-34)35(29-15-6-3-7-16-29,30-17-8-4-9-18-30)31-19-10-5-11-20-31/h3-27,39H,1-2H3. The van der Waals surface area contributed by atoms with Gasteiger partial charge in [0.25, 0.3) is 0 Å². The van der Waals surface area contributed by atoms with Gasteiger partial charge in [-0.1, -0.05) is 129 Å². The van der Waals surface area contributed by atoms with Gasteiger partial charge in [-0.25, -0.2) is 4.98 Å². The molecule has 1 atom stereocenters. The van der Waals surface area contributed by atoms with Crippen LogP contribution in [-0.2, 0) is 11.1 Å². The van der Waals surface area contributed by atoms with E-state index in [1.807, 2.05) is 42.9 Å². The van der Waals surface area contributed by atoms with Gasteiger partial charge in [-0.3, -0.25) is 0 Å². The largest absolute Gasteiger partial charge is 0.378 e. The van der Waals surface area contributed by atoms with E-state index in [9.17, 15) is 5.11 Å². The molecule has 6 aromatic rings. The van der Waals surface area contributed by atoms with Crippen molar-refractivity contribution in [3.63, 3.8) is 0 Å². The lowest BCUT2D eigenvalue weighted by molar-refractivity contribution is 0.0278. The van der Waals surface area contributed by atoms with Gasteiger partial charge in [-0.05, 0) is 51.2 Å². The number of benzene rings is 4. The quantitative estimate of drug-likeness (QED) is 0.197. The Morgan fingerprint density at radius 3 is 1.73 bits per heavy atom. The third kappa shape index (κ3) is 4.30. The minimum atomic E-state index is -1.28. The van der Waals surface area contributed by atoms with Crippen LogP contribution in [0.3, 0.4) is 0 Å². The third-order valence-electron chi connectivity index (χ3n) is 7.88. The monoisotopic (exact) mass is 540 g/mol. The first-order valence-electron chi connectivity index (χ1n) is 13.6. The van der Waals surface area contributed by atoms with Crippen molar-refractivity contribution in [3.8, 4) is 10.4 Å². The number of imidazole rings is 1. The Bertz CT molecular complexity index is 1580. The van der Waals surface area contributed by atoms with Crippen LogP contribution < -0.4 is 0 Å². The summed E-state index contributed by atoms with van der Waals surface area (Å²) in [5, 5.41) is 14.5. The minimum Gasteiger partial charge on any atom is -0.378 e. The van der Waals surface area contributed by atoms with E-state index >= 15 is 0 Å². The second kappa shape index (κ2) is 10.7. The highest BCUT2D eigenvalue weighted by Gasteiger charge is 2.42. The molecule has 6 rings (SSSR count). The maximum Gasteiger partial charge on any atom is 0.135 e. The molecule has 0 radical (unpaired) electrons. The van der Waals surface area contributed by atoms with Gasteiger partial charge in [0, 0.05) is 11.1 Å². The average molecular weight is 541 g/mol. The summed E-state index contributed by atoms with van der Waals surface area (Å²) in [7, 11) is 0. The van der Waals surface area contributed by atoms with Crippen LogP contribution >= 0.6 is 11.3 Å². The summed E-state index contributed by atoms with van der Waals surface area (Å²) in [4.78, 5) is 6.11. The number of nitrogens with zero attached hydrogens (tertiary/aromatic N) is 2. The van der Waals surface area contributed by atoms with Crippen LogP contribution in [0.2, 0.25) is 0 Å². The van der Waals surface area contributed by atoms with Crippen molar-refractivity contribution in [1.82, 2.24) is 9.55 Å². The molecule has 0 spiro atoms. The van der Waals surface area contributed by atoms with Gasteiger partial charge in [-0.2, -0.15) is 0 Å². The van der Waals surface area contributed by atoms with E-state index < -0.39 is 11.1 Å². The lowest BCUT2D eigenvalue weighted by Gasteiger charge is -2.37. The molecular formula is C36H32N2OS. The van der Waals surface area contributed by atoms with Crippen LogP contribution in [0.1, 0.15) is 41.8 Å². The van der Waals surface area contributed by atoms with Gasteiger partial charge in [0.15, 0.2) is 0 Å². The van der Waals surface area contributed by atoms with Gasteiger partial charge in [0.2, 0.25) is 0 Å². The van der Waals surface area contributed by atoms with Gasteiger partial charge < -0.3 is 9.67 Å². The Kier molecular flexibility index (Phi) is 6.97. The van der Waals surface area contributed by atoms with Crippen molar-refractivity contribution >= 4 is 11.3 Å². The van der Waals surface area contributed by atoms with E-state index in [1.165, 1.54) is 4.88 Å². The molecule has 0 aliphatic heterocycles. The first-order valence-corrected chi connectivity index (χ1v) is 14.5. The number of hydrogen-bond donors (Lipinski definition) is 1. The Labute approximate surface area is 240 Å². The van der Waals surface area contributed by atoms with Gasteiger partial charge in [0.05, 0.1) is 12.0 Å². The molecule has 1 N–H and O–H groups in total. The van der Waals surface area contributed by atoms with Gasteiger partial charge in [0.1, 0.15) is 11.1 Å². The van der Waals surface area contributed by atoms with Crippen molar-refractivity contribution in [2.45, 2.75) is 25.0 Å². The van der Waals surface area contributed by atoms with E-state index in [0.29, 0.717) is 5.69 Å². The fourth-order valence-electron chi connectivity index (χ4n) is 5.82. The highest BCUT2D eigenvalue weighted by Crippen LogP contribution is 2.43.